The molecule has 0 N–H and O–H groups in total. The van der Waals surface area contributed by atoms with Gasteiger partial charge in [0.25, 0.3) is 0 Å². The Morgan fingerprint density at radius 3 is 2.28 bits per heavy atom. The van der Waals surface area contributed by atoms with Gasteiger partial charge in [-0.2, -0.15) is 8.78 Å². The van der Waals surface area contributed by atoms with Crippen molar-refractivity contribution >= 4 is 0 Å². The minimum absolute atomic E-state index is 0.0784. The third-order valence-corrected chi connectivity index (χ3v) is 1.68. The van der Waals surface area contributed by atoms with Crippen LogP contribution in [0.15, 0.2) is 18.2 Å². The summed E-state index contributed by atoms with van der Waals surface area (Å²) in [5, 5.41) is 0. The third-order valence-electron chi connectivity index (χ3n) is 1.68. The van der Waals surface area contributed by atoms with Crippen LogP contribution in [0.5, 0.6) is 17.2 Å². The molecule has 1 aromatic carbocycles. The van der Waals surface area contributed by atoms with Gasteiger partial charge in [-0.05, 0) is 19.1 Å². The van der Waals surface area contributed by atoms with Gasteiger partial charge in [0.15, 0.2) is 11.5 Å². The van der Waals surface area contributed by atoms with Crippen molar-refractivity contribution in [3.05, 3.63) is 18.2 Å². The molecule has 0 aliphatic heterocycles. The zero-order valence-corrected chi connectivity index (χ0v) is 9.13. The van der Waals surface area contributed by atoms with Gasteiger partial charge in [0.1, 0.15) is 0 Å². The lowest BCUT2D eigenvalue weighted by molar-refractivity contribution is -0.275. The molecule has 0 aromatic heterocycles. The molecule has 3 nitrogen and oxygen atoms in total. The summed E-state index contributed by atoms with van der Waals surface area (Å²) in [6, 6.07) is 3.22. The quantitative estimate of drug-likeness (QED) is 0.767. The van der Waals surface area contributed by atoms with Gasteiger partial charge in [-0.1, -0.05) is 6.07 Å². The molecular weight excluding hydrogens is 263 g/mol. The van der Waals surface area contributed by atoms with Crippen LogP contribution >= 0.6 is 0 Å². The van der Waals surface area contributed by atoms with Crippen LogP contribution in [0.25, 0.3) is 0 Å². The lowest BCUT2D eigenvalue weighted by Gasteiger charge is -2.16. The number of halogens is 5. The molecule has 1 aromatic rings. The Balaban J connectivity index is 3.10. The molecule has 0 bridgehead atoms. The average molecular weight is 272 g/mol. The van der Waals surface area contributed by atoms with E-state index in [0.29, 0.717) is 0 Å². The second-order valence-corrected chi connectivity index (χ2v) is 2.94. The number of hydrogen-bond donors (Lipinski definition) is 0. The normalized spacial score (nSPS) is 11.5. The minimum atomic E-state index is -5.01. The highest BCUT2D eigenvalue weighted by Crippen LogP contribution is 2.40. The maximum Gasteiger partial charge on any atom is 0.573 e. The Morgan fingerprint density at radius 2 is 1.78 bits per heavy atom. The molecule has 0 spiro atoms. The van der Waals surface area contributed by atoms with Crippen molar-refractivity contribution in [2.24, 2.45) is 0 Å². The summed E-state index contributed by atoms with van der Waals surface area (Å²) >= 11 is 0. The fourth-order valence-corrected chi connectivity index (χ4v) is 1.18. The maximum absolute atomic E-state index is 12.1. The van der Waals surface area contributed by atoms with Gasteiger partial charge >= 0.3 is 13.0 Å². The van der Waals surface area contributed by atoms with Gasteiger partial charge < -0.3 is 14.2 Å². The molecule has 0 aliphatic carbocycles. The summed E-state index contributed by atoms with van der Waals surface area (Å²) < 4.78 is 73.0. The highest BCUT2D eigenvalue weighted by molar-refractivity contribution is 5.51. The molecule has 0 fully saturated rings. The van der Waals surface area contributed by atoms with Gasteiger partial charge in [-0.25, -0.2) is 0 Å². The number of hydrogen-bond acceptors (Lipinski definition) is 3. The number of rotatable bonds is 5. The maximum atomic E-state index is 12.1. The van der Waals surface area contributed by atoms with E-state index in [9.17, 15) is 22.0 Å². The minimum Gasteiger partial charge on any atom is -0.490 e. The van der Waals surface area contributed by atoms with Crippen LogP contribution in [0.4, 0.5) is 22.0 Å². The highest BCUT2D eigenvalue weighted by Gasteiger charge is 2.33. The number of benzene rings is 1. The zero-order valence-electron chi connectivity index (χ0n) is 9.13. The molecule has 0 saturated heterocycles. The van der Waals surface area contributed by atoms with E-state index < -0.39 is 24.5 Å². The van der Waals surface area contributed by atoms with Gasteiger partial charge in [0, 0.05) is 0 Å². The van der Waals surface area contributed by atoms with Gasteiger partial charge in [-0.3, -0.25) is 0 Å². The third kappa shape index (κ3) is 4.27. The molecule has 1 rings (SSSR count). The van der Waals surface area contributed by atoms with Crippen LogP contribution in [0.2, 0.25) is 0 Å². The monoisotopic (exact) mass is 272 g/mol. The van der Waals surface area contributed by atoms with E-state index in [1.807, 2.05) is 0 Å². The summed E-state index contributed by atoms with van der Waals surface area (Å²) in [6.07, 6.45) is -5.01. The van der Waals surface area contributed by atoms with Crippen molar-refractivity contribution in [1.29, 1.82) is 0 Å². The van der Waals surface area contributed by atoms with Gasteiger partial charge in [0.2, 0.25) is 5.75 Å². The topological polar surface area (TPSA) is 27.7 Å². The van der Waals surface area contributed by atoms with E-state index in [1.165, 1.54) is 12.1 Å². The molecule has 0 atom stereocenters. The first kappa shape index (κ1) is 14.3. The van der Waals surface area contributed by atoms with Crippen LogP contribution in [-0.2, 0) is 0 Å². The molecule has 102 valence electrons. The van der Waals surface area contributed by atoms with Crippen molar-refractivity contribution < 1.29 is 36.2 Å². The first-order valence-corrected chi connectivity index (χ1v) is 4.80. The average Bonchev–Trinajstić information content (AvgIpc) is 2.20. The van der Waals surface area contributed by atoms with Crippen molar-refractivity contribution in [3.8, 4) is 17.2 Å². The first-order valence-electron chi connectivity index (χ1n) is 4.80. The lowest BCUT2D eigenvalue weighted by Crippen LogP contribution is -2.18. The largest absolute Gasteiger partial charge is 0.573 e. The van der Waals surface area contributed by atoms with Crippen LogP contribution in [-0.4, -0.2) is 19.6 Å². The smallest absolute Gasteiger partial charge is 0.490 e. The standard InChI is InChI=1S/C10H9F5O3/c1-2-16-6-4-3-5-7(18-10(13,14)15)8(6)17-9(11)12/h3-5,9H,2H2,1H3. The second-order valence-electron chi connectivity index (χ2n) is 2.94. The highest BCUT2D eigenvalue weighted by atomic mass is 19.4. The summed E-state index contributed by atoms with van der Waals surface area (Å²) in [7, 11) is 0. The first-order chi connectivity index (χ1) is 8.33. The number of para-hydroxylation sites is 1. The van der Waals surface area contributed by atoms with Crippen molar-refractivity contribution in [2.45, 2.75) is 19.9 Å². The Kier molecular flexibility index (Phi) is 4.57. The van der Waals surface area contributed by atoms with E-state index in [0.717, 1.165) is 6.07 Å². The van der Waals surface area contributed by atoms with E-state index >= 15 is 0 Å². The molecule has 0 radical (unpaired) electrons. The molecule has 8 heteroatoms. The number of ether oxygens (including phenoxy) is 3. The van der Waals surface area contributed by atoms with Gasteiger partial charge in [-0.15, -0.1) is 13.2 Å². The van der Waals surface area contributed by atoms with Crippen molar-refractivity contribution in [2.75, 3.05) is 6.61 Å². The number of alkyl halides is 5. The summed E-state index contributed by atoms with van der Waals surface area (Å²) in [6.45, 7) is -1.67. The molecule has 0 heterocycles. The summed E-state index contributed by atoms with van der Waals surface area (Å²) in [5.74, 6) is -1.92. The van der Waals surface area contributed by atoms with Crippen molar-refractivity contribution in [1.82, 2.24) is 0 Å². The fraction of sp³-hybridized carbons (Fsp3) is 0.400. The SMILES string of the molecule is CCOc1cccc(OC(F)(F)F)c1OC(F)F. The Morgan fingerprint density at radius 1 is 1.17 bits per heavy atom. The van der Waals surface area contributed by atoms with E-state index in [2.05, 4.69) is 9.47 Å². The molecule has 0 saturated carbocycles. The van der Waals surface area contributed by atoms with Crippen LogP contribution < -0.4 is 14.2 Å². The van der Waals surface area contributed by atoms with E-state index in [-0.39, 0.29) is 12.4 Å². The van der Waals surface area contributed by atoms with E-state index in [1.54, 1.807) is 6.92 Å². The fourth-order valence-electron chi connectivity index (χ4n) is 1.18. The molecule has 0 aliphatic rings. The molecule has 18 heavy (non-hydrogen) atoms. The summed E-state index contributed by atoms with van der Waals surface area (Å²) in [5.41, 5.74) is 0. The Bertz CT molecular complexity index is 392. The second kappa shape index (κ2) is 5.74. The Hall–Kier alpha value is -1.73. The zero-order chi connectivity index (χ0) is 13.8. The molecule has 0 unspecified atom stereocenters. The predicted molar refractivity (Wildman–Crippen MR) is 50.9 cm³/mol. The van der Waals surface area contributed by atoms with Crippen LogP contribution in [0.1, 0.15) is 6.92 Å². The Labute approximate surface area is 99.1 Å². The van der Waals surface area contributed by atoms with Gasteiger partial charge in [0.05, 0.1) is 6.61 Å². The van der Waals surface area contributed by atoms with Crippen LogP contribution in [0, 0.1) is 0 Å². The summed E-state index contributed by atoms with van der Waals surface area (Å²) in [4.78, 5) is 0. The van der Waals surface area contributed by atoms with Crippen LogP contribution in [0.3, 0.4) is 0 Å². The molecule has 0 amide bonds. The van der Waals surface area contributed by atoms with Crippen molar-refractivity contribution in [3.63, 3.8) is 0 Å². The van der Waals surface area contributed by atoms with E-state index in [4.69, 9.17) is 4.74 Å². The lowest BCUT2D eigenvalue weighted by atomic mass is 10.3. The molecular formula is C10H9F5O3. The predicted octanol–water partition coefficient (Wildman–Crippen LogP) is 3.59.